The fourth-order valence-electron chi connectivity index (χ4n) is 1.26. The Hall–Kier alpha value is -0.650. The van der Waals surface area contributed by atoms with Gasteiger partial charge in [-0.15, -0.1) is 0 Å². The molecule has 5 nitrogen and oxygen atoms in total. The van der Waals surface area contributed by atoms with E-state index < -0.39 is 12.0 Å². The summed E-state index contributed by atoms with van der Waals surface area (Å²) in [5, 5.41) is 0. The van der Waals surface area contributed by atoms with Crippen LogP contribution in [0.1, 0.15) is 0 Å². The van der Waals surface area contributed by atoms with Crippen molar-refractivity contribution in [3.8, 4) is 0 Å². The van der Waals surface area contributed by atoms with E-state index in [9.17, 15) is 4.79 Å². The van der Waals surface area contributed by atoms with Crippen LogP contribution in [0, 0.1) is 0 Å². The third-order valence-corrected chi connectivity index (χ3v) is 1.91. The lowest BCUT2D eigenvalue weighted by atomic mass is 10.2. The van der Waals surface area contributed by atoms with Crippen molar-refractivity contribution in [1.29, 1.82) is 0 Å². The van der Waals surface area contributed by atoms with Gasteiger partial charge >= 0.3 is 0 Å². The predicted molar refractivity (Wildman–Crippen MR) is 44.4 cm³/mol. The standard InChI is InChI=1S/C7H15N3O2/c8-1-2-10-3-4-12-6(5-10)7(9)11/h6H,1-5,8H2,(H2,9,11). The van der Waals surface area contributed by atoms with E-state index in [-0.39, 0.29) is 0 Å². The van der Waals surface area contributed by atoms with Gasteiger partial charge in [0.15, 0.2) is 0 Å². The van der Waals surface area contributed by atoms with E-state index in [0.717, 1.165) is 13.1 Å². The summed E-state index contributed by atoms with van der Waals surface area (Å²) >= 11 is 0. The van der Waals surface area contributed by atoms with Gasteiger partial charge in [-0.05, 0) is 0 Å². The summed E-state index contributed by atoms with van der Waals surface area (Å²) in [5.74, 6) is -0.392. The van der Waals surface area contributed by atoms with Gasteiger partial charge in [0.05, 0.1) is 6.61 Å². The molecule has 1 heterocycles. The number of carbonyl (C=O) groups is 1. The van der Waals surface area contributed by atoms with Crippen LogP contribution >= 0.6 is 0 Å². The quantitative estimate of drug-likeness (QED) is 0.524. The molecule has 4 N–H and O–H groups in total. The van der Waals surface area contributed by atoms with Gasteiger partial charge in [-0.3, -0.25) is 9.69 Å². The van der Waals surface area contributed by atoms with Gasteiger partial charge in [-0.1, -0.05) is 0 Å². The Labute approximate surface area is 71.6 Å². The van der Waals surface area contributed by atoms with Gasteiger partial charge in [-0.2, -0.15) is 0 Å². The van der Waals surface area contributed by atoms with E-state index in [1.165, 1.54) is 0 Å². The minimum atomic E-state index is -0.453. The van der Waals surface area contributed by atoms with Gasteiger partial charge in [0.25, 0.3) is 0 Å². The number of rotatable bonds is 3. The molecule has 0 radical (unpaired) electrons. The largest absolute Gasteiger partial charge is 0.367 e. The molecule has 0 saturated carbocycles. The summed E-state index contributed by atoms with van der Waals surface area (Å²) in [6, 6.07) is 0. The number of nitrogens with two attached hydrogens (primary N) is 2. The molecule has 1 aliphatic rings. The molecule has 1 fully saturated rings. The van der Waals surface area contributed by atoms with Crippen molar-refractivity contribution in [1.82, 2.24) is 4.90 Å². The topological polar surface area (TPSA) is 81.6 Å². The highest BCUT2D eigenvalue weighted by Gasteiger charge is 2.23. The third-order valence-electron chi connectivity index (χ3n) is 1.91. The lowest BCUT2D eigenvalue weighted by Gasteiger charge is -2.30. The number of nitrogens with zero attached hydrogens (tertiary/aromatic N) is 1. The molecule has 1 amide bonds. The van der Waals surface area contributed by atoms with E-state index in [2.05, 4.69) is 4.90 Å². The zero-order valence-corrected chi connectivity index (χ0v) is 7.03. The lowest BCUT2D eigenvalue weighted by molar-refractivity contribution is -0.135. The Bertz CT molecular complexity index is 161. The molecule has 1 unspecified atom stereocenters. The molecule has 0 aliphatic carbocycles. The first kappa shape index (κ1) is 9.44. The molecule has 0 aromatic carbocycles. The minimum absolute atomic E-state index is 0.392. The van der Waals surface area contributed by atoms with Crippen LogP contribution in [0.4, 0.5) is 0 Å². The van der Waals surface area contributed by atoms with E-state index in [4.69, 9.17) is 16.2 Å². The van der Waals surface area contributed by atoms with Crippen molar-refractivity contribution >= 4 is 5.91 Å². The number of hydrogen-bond acceptors (Lipinski definition) is 4. The van der Waals surface area contributed by atoms with Crippen molar-refractivity contribution in [3.63, 3.8) is 0 Å². The van der Waals surface area contributed by atoms with Crippen molar-refractivity contribution in [2.24, 2.45) is 11.5 Å². The highest BCUT2D eigenvalue weighted by atomic mass is 16.5. The second kappa shape index (κ2) is 4.39. The molecule has 0 spiro atoms. The smallest absolute Gasteiger partial charge is 0.247 e. The fourth-order valence-corrected chi connectivity index (χ4v) is 1.26. The summed E-state index contributed by atoms with van der Waals surface area (Å²) in [4.78, 5) is 12.8. The molecule has 0 aromatic heterocycles. The Morgan fingerprint density at radius 3 is 3.00 bits per heavy atom. The van der Waals surface area contributed by atoms with Gasteiger partial charge in [0, 0.05) is 26.2 Å². The van der Waals surface area contributed by atoms with Crippen molar-refractivity contribution < 1.29 is 9.53 Å². The number of carbonyl (C=O) groups excluding carboxylic acids is 1. The van der Waals surface area contributed by atoms with E-state index >= 15 is 0 Å². The predicted octanol–water partition coefficient (Wildman–Crippen LogP) is -1.87. The summed E-state index contributed by atoms with van der Waals surface area (Å²) < 4.78 is 5.16. The summed E-state index contributed by atoms with van der Waals surface area (Å²) in [6.07, 6.45) is -0.453. The van der Waals surface area contributed by atoms with Crippen LogP contribution in [0.2, 0.25) is 0 Å². The molecule has 5 heteroatoms. The minimum Gasteiger partial charge on any atom is -0.367 e. The summed E-state index contributed by atoms with van der Waals surface area (Å²) in [7, 11) is 0. The average molecular weight is 173 g/mol. The molecular weight excluding hydrogens is 158 g/mol. The molecule has 1 rings (SSSR count). The molecule has 70 valence electrons. The first-order chi connectivity index (χ1) is 5.74. The first-order valence-electron chi connectivity index (χ1n) is 4.07. The maximum absolute atomic E-state index is 10.7. The number of amides is 1. The SMILES string of the molecule is NCCN1CCOC(C(N)=O)C1. The van der Waals surface area contributed by atoms with Crippen molar-refractivity contribution in [2.75, 3.05) is 32.8 Å². The fraction of sp³-hybridized carbons (Fsp3) is 0.857. The monoisotopic (exact) mass is 173 g/mol. The average Bonchev–Trinajstić information content (AvgIpc) is 2.05. The lowest BCUT2D eigenvalue weighted by Crippen LogP contribution is -2.49. The van der Waals surface area contributed by atoms with Gasteiger partial charge in [0.1, 0.15) is 6.10 Å². The Morgan fingerprint density at radius 2 is 2.42 bits per heavy atom. The highest BCUT2D eigenvalue weighted by Crippen LogP contribution is 2.03. The maximum atomic E-state index is 10.7. The molecule has 12 heavy (non-hydrogen) atoms. The van der Waals surface area contributed by atoms with Crippen LogP contribution in [0.5, 0.6) is 0 Å². The number of primary amides is 1. The van der Waals surface area contributed by atoms with Gasteiger partial charge in [0.2, 0.25) is 5.91 Å². The molecule has 1 aliphatic heterocycles. The van der Waals surface area contributed by atoms with Crippen LogP contribution in [0.25, 0.3) is 0 Å². The van der Waals surface area contributed by atoms with Crippen LogP contribution in [-0.2, 0) is 9.53 Å². The Kier molecular flexibility index (Phi) is 3.46. The zero-order valence-electron chi connectivity index (χ0n) is 7.03. The van der Waals surface area contributed by atoms with Crippen LogP contribution < -0.4 is 11.5 Å². The van der Waals surface area contributed by atoms with Crippen LogP contribution in [-0.4, -0.2) is 49.7 Å². The van der Waals surface area contributed by atoms with E-state index in [1.807, 2.05) is 0 Å². The number of morpholine rings is 1. The highest BCUT2D eigenvalue weighted by molar-refractivity contribution is 5.79. The Balaban J connectivity index is 2.35. The second-order valence-electron chi connectivity index (χ2n) is 2.85. The van der Waals surface area contributed by atoms with Gasteiger partial charge in [-0.25, -0.2) is 0 Å². The first-order valence-corrected chi connectivity index (χ1v) is 4.07. The van der Waals surface area contributed by atoms with Crippen LogP contribution in [0.15, 0.2) is 0 Å². The number of ether oxygens (including phenoxy) is 1. The van der Waals surface area contributed by atoms with E-state index in [0.29, 0.717) is 19.7 Å². The molecule has 0 bridgehead atoms. The maximum Gasteiger partial charge on any atom is 0.247 e. The molecule has 1 saturated heterocycles. The van der Waals surface area contributed by atoms with Crippen molar-refractivity contribution in [2.45, 2.75) is 6.10 Å². The van der Waals surface area contributed by atoms with E-state index in [1.54, 1.807) is 0 Å². The molecule has 0 aromatic rings. The molecular formula is C7H15N3O2. The Morgan fingerprint density at radius 1 is 1.67 bits per heavy atom. The second-order valence-corrected chi connectivity index (χ2v) is 2.85. The zero-order chi connectivity index (χ0) is 8.97. The van der Waals surface area contributed by atoms with Crippen molar-refractivity contribution in [3.05, 3.63) is 0 Å². The van der Waals surface area contributed by atoms with Gasteiger partial charge < -0.3 is 16.2 Å². The third kappa shape index (κ3) is 2.44. The van der Waals surface area contributed by atoms with Crippen LogP contribution in [0.3, 0.4) is 0 Å². The molecule has 1 atom stereocenters. The summed E-state index contributed by atoms with van der Waals surface area (Å²) in [5.41, 5.74) is 10.5. The summed E-state index contributed by atoms with van der Waals surface area (Å²) in [6.45, 7) is 3.37. The number of hydrogen-bond donors (Lipinski definition) is 2. The normalized spacial score (nSPS) is 25.6.